The molecule has 20 heavy (non-hydrogen) atoms. The second-order valence-corrected chi connectivity index (χ2v) is 5.76. The monoisotopic (exact) mass is 286 g/mol. The van der Waals surface area contributed by atoms with Crippen molar-refractivity contribution in [2.24, 2.45) is 0 Å². The minimum Gasteiger partial charge on any atom is -0.389 e. The van der Waals surface area contributed by atoms with Gasteiger partial charge in [0.2, 0.25) is 0 Å². The van der Waals surface area contributed by atoms with Crippen molar-refractivity contribution in [3.8, 4) is 0 Å². The van der Waals surface area contributed by atoms with Crippen LogP contribution in [0.3, 0.4) is 0 Å². The summed E-state index contributed by atoms with van der Waals surface area (Å²) in [6, 6.07) is 0. The van der Waals surface area contributed by atoms with Crippen molar-refractivity contribution in [3.05, 3.63) is 11.9 Å². The Kier molecular flexibility index (Phi) is 7.08. The Morgan fingerprint density at radius 3 is 2.80 bits per heavy atom. The molecule has 0 spiro atoms. The molecule has 2 N–H and O–H groups in total. The van der Waals surface area contributed by atoms with E-state index in [1.165, 1.54) is 0 Å². The lowest BCUT2D eigenvalue weighted by Gasteiger charge is -2.19. The van der Waals surface area contributed by atoms with Crippen LogP contribution in [0.4, 0.5) is 0 Å². The highest BCUT2D eigenvalue weighted by atomic mass is 16.5. The van der Waals surface area contributed by atoms with Gasteiger partial charge in [0.25, 0.3) is 0 Å². The van der Waals surface area contributed by atoms with E-state index in [4.69, 9.17) is 9.47 Å². The van der Waals surface area contributed by atoms with Gasteiger partial charge in [-0.05, 0) is 20.8 Å². The molecule has 7 heteroatoms. The first-order valence-electron chi connectivity index (χ1n) is 6.79. The zero-order chi connectivity index (χ0) is 15.0. The van der Waals surface area contributed by atoms with Gasteiger partial charge in [-0.15, -0.1) is 5.10 Å². The van der Waals surface area contributed by atoms with Crippen LogP contribution in [-0.2, 0) is 22.6 Å². The Morgan fingerprint density at radius 1 is 1.40 bits per heavy atom. The second kappa shape index (κ2) is 8.31. The first-order chi connectivity index (χ1) is 9.40. The molecule has 0 saturated carbocycles. The molecular weight excluding hydrogens is 260 g/mol. The lowest BCUT2D eigenvalue weighted by molar-refractivity contribution is 0.00578. The van der Waals surface area contributed by atoms with Gasteiger partial charge >= 0.3 is 0 Å². The van der Waals surface area contributed by atoms with Crippen molar-refractivity contribution in [2.45, 2.75) is 45.5 Å². The van der Waals surface area contributed by atoms with Crippen LogP contribution in [0.1, 0.15) is 26.5 Å². The summed E-state index contributed by atoms with van der Waals surface area (Å²) in [5, 5.41) is 21.2. The van der Waals surface area contributed by atoms with Gasteiger partial charge in [-0.25, -0.2) is 4.68 Å². The highest BCUT2D eigenvalue weighted by molar-refractivity contribution is 4.93. The van der Waals surface area contributed by atoms with Gasteiger partial charge in [-0.3, -0.25) is 0 Å². The van der Waals surface area contributed by atoms with Gasteiger partial charge in [0.1, 0.15) is 0 Å². The minimum atomic E-state index is -0.600. The van der Waals surface area contributed by atoms with Crippen molar-refractivity contribution in [1.29, 1.82) is 0 Å². The maximum Gasteiger partial charge on any atom is 0.0969 e. The van der Waals surface area contributed by atoms with Crippen molar-refractivity contribution < 1.29 is 14.6 Å². The summed E-state index contributed by atoms with van der Waals surface area (Å²) in [6.07, 6.45) is 1.23. The molecule has 0 aromatic carbocycles. The zero-order valence-electron chi connectivity index (χ0n) is 12.8. The number of aliphatic hydroxyl groups excluding tert-OH is 1. The fourth-order valence-corrected chi connectivity index (χ4v) is 1.49. The number of nitrogens with zero attached hydrogens (tertiary/aromatic N) is 3. The Labute approximate surface area is 120 Å². The van der Waals surface area contributed by atoms with Crippen molar-refractivity contribution in [3.63, 3.8) is 0 Å². The maximum atomic E-state index is 9.80. The Hall–Kier alpha value is -1.02. The predicted octanol–water partition coefficient (Wildman–Crippen LogP) is 0.190. The molecule has 0 bridgehead atoms. The van der Waals surface area contributed by atoms with Crippen molar-refractivity contribution >= 4 is 0 Å². The SMILES string of the molecule is COCCOCC(O)Cn1cc(CNC(C)(C)C)nn1. The highest BCUT2D eigenvalue weighted by Gasteiger charge is 2.11. The van der Waals surface area contributed by atoms with E-state index in [9.17, 15) is 5.11 Å². The van der Waals surface area contributed by atoms with Crippen LogP contribution in [0.2, 0.25) is 0 Å². The molecule has 1 aromatic heterocycles. The average molecular weight is 286 g/mol. The van der Waals surface area contributed by atoms with E-state index in [0.29, 0.717) is 26.3 Å². The lowest BCUT2D eigenvalue weighted by atomic mass is 10.1. The fraction of sp³-hybridized carbons (Fsp3) is 0.846. The van der Waals surface area contributed by atoms with Gasteiger partial charge in [0.05, 0.1) is 38.2 Å². The third kappa shape index (κ3) is 7.54. The van der Waals surface area contributed by atoms with E-state index in [2.05, 4.69) is 36.4 Å². The summed E-state index contributed by atoms with van der Waals surface area (Å²) in [5.74, 6) is 0. The summed E-state index contributed by atoms with van der Waals surface area (Å²) < 4.78 is 11.7. The van der Waals surface area contributed by atoms with Crippen molar-refractivity contribution in [2.75, 3.05) is 26.9 Å². The fourth-order valence-electron chi connectivity index (χ4n) is 1.49. The molecule has 1 heterocycles. The Balaban J connectivity index is 2.28. The minimum absolute atomic E-state index is 0.0402. The zero-order valence-corrected chi connectivity index (χ0v) is 12.8. The highest BCUT2D eigenvalue weighted by Crippen LogP contribution is 2.02. The smallest absolute Gasteiger partial charge is 0.0969 e. The van der Waals surface area contributed by atoms with Crippen LogP contribution in [0.15, 0.2) is 6.20 Å². The van der Waals surface area contributed by atoms with Gasteiger partial charge < -0.3 is 19.9 Å². The van der Waals surface area contributed by atoms with Crippen LogP contribution in [0.25, 0.3) is 0 Å². The first kappa shape index (κ1) is 17.0. The summed E-state index contributed by atoms with van der Waals surface area (Å²) in [7, 11) is 1.61. The average Bonchev–Trinajstić information content (AvgIpc) is 2.79. The molecule has 0 fully saturated rings. The van der Waals surface area contributed by atoms with Crippen LogP contribution >= 0.6 is 0 Å². The normalized spacial score (nSPS) is 13.7. The molecule has 116 valence electrons. The molecule has 7 nitrogen and oxygen atoms in total. The summed E-state index contributed by atoms with van der Waals surface area (Å²) in [5.41, 5.74) is 0.894. The number of methoxy groups -OCH3 is 1. The quantitative estimate of drug-likeness (QED) is 0.631. The molecular formula is C13H26N4O3. The number of aliphatic hydroxyl groups is 1. The molecule has 1 aromatic rings. The predicted molar refractivity (Wildman–Crippen MR) is 75.3 cm³/mol. The number of hydrogen-bond acceptors (Lipinski definition) is 6. The molecule has 0 saturated heterocycles. The third-order valence-electron chi connectivity index (χ3n) is 2.53. The molecule has 0 radical (unpaired) electrons. The molecule has 0 amide bonds. The lowest BCUT2D eigenvalue weighted by Crippen LogP contribution is -2.35. The number of hydrogen-bond donors (Lipinski definition) is 2. The van der Waals surface area contributed by atoms with Gasteiger partial charge in [-0.2, -0.15) is 0 Å². The van der Waals surface area contributed by atoms with Gasteiger partial charge in [0.15, 0.2) is 0 Å². The standard InChI is InChI=1S/C13H26N4O3/c1-13(2,3)14-7-11-8-17(16-15-11)9-12(18)10-20-6-5-19-4/h8,12,14,18H,5-7,9-10H2,1-4H3. The third-order valence-corrected chi connectivity index (χ3v) is 2.53. The number of nitrogens with one attached hydrogen (secondary N) is 1. The summed E-state index contributed by atoms with van der Waals surface area (Å²) >= 11 is 0. The van der Waals surface area contributed by atoms with Crippen LogP contribution in [0.5, 0.6) is 0 Å². The van der Waals surface area contributed by atoms with E-state index < -0.39 is 6.10 Å². The van der Waals surface area contributed by atoms with E-state index in [1.807, 2.05) is 6.20 Å². The summed E-state index contributed by atoms with van der Waals surface area (Å²) in [4.78, 5) is 0. The topological polar surface area (TPSA) is 81.4 Å². The van der Waals surface area contributed by atoms with Gasteiger partial charge in [0, 0.05) is 25.4 Å². The molecule has 1 unspecified atom stereocenters. The first-order valence-corrected chi connectivity index (χ1v) is 6.79. The number of ether oxygens (including phenoxy) is 2. The summed E-state index contributed by atoms with van der Waals surface area (Å²) in [6.45, 7) is 8.58. The van der Waals surface area contributed by atoms with E-state index in [-0.39, 0.29) is 12.1 Å². The largest absolute Gasteiger partial charge is 0.389 e. The van der Waals surface area contributed by atoms with Crippen LogP contribution < -0.4 is 5.32 Å². The Morgan fingerprint density at radius 2 is 2.15 bits per heavy atom. The molecule has 1 rings (SSSR count). The molecule has 0 aliphatic heterocycles. The van der Waals surface area contributed by atoms with Crippen LogP contribution in [-0.4, -0.2) is 58.7 Å². The van der Waals surface area contributed by atoms with Crippen LogP contribution in [0, 0.1) is 0 Å². The van der Waals surface area contributed by atoms with Gasteiger partial charge in [-0.1, -0.05) is 5.21 Å². The van der Waals surface area contributed by atoms with E-state index >= 15 is 0 Å². The Bertz CT molecular complexity index is 376. The molecule has 0 aliphatic rings. The number of rotatable bonds is 9. The van der Waals surface area contributed by atoms with E-state index in [1.54, 1.807) is 11.8 Å². The van der Waals surface area contributed by atoms with Crippen molar-refractivity contribution in [1.82, 2.24) is 20.3 Å². The second-order valence-electron chi connectivity index (χ2n) is 5.76. The molecule has 1 atom stereocenters. The number of aromatic nitrogens is 3. The molecule has 0 aliphatic carbocycles. The maximum absolute atomic E-state index is 9.80. The van der Waals surface area contributed by atoms with E-state index in [0.717, 1.165) is 5.69 Å².